The largest absolute Gasteiger partial charge is 0.382 e. The average Bonchev–Trinajstić information content (AvgIpc) is 2.39. The van der Waals surface area contributed by atoms with E-state index in [1.807, 2.05) is 24.3 Å². The second kappa shape index (κ2) is 6.43. The molecular weight excluding hydrogens is 242 g/mol. The number of nitrogens with one attached hydrogen (secondary N) is 2. The molecular formula is C14H21N3O2. The number of primary amides is 1. The lowest BCUT2D eigenvalue weighted by atomic mass is 9.93. The van der Waals surface area contributed by atoms with Gasteiger partial charge < -0.3 is 21.1 Å². The van der Waals surface area contributed by atoms with Crippen LogP contribution in [0.15, 0.2) is 24.3 Å². The predicted molar refractivity (Wildman–Crippen MR) is 76.3 cm³/mol. The van der Waals surface area contributed by atoms with Gasteiger partial charge in [0.25, 0.3) is 0 Å². The van der Waals surface area contributed by atoms with Gasteiger partial charge in [-0.25, -0.2) is 4.79 Å². The number of benzene rings is 1. The summed E-state index contributed by atoms with van der Waals surface area (Å²) in [5, 5.41) is 6.07. The highest BCUT2D eigenvalue weighted by Gasteiger charge is 2.20. The molecule has 5 heteroatoms. The van der Waals surface area contributed by atoms with Crippen molar-refractivity contribution in [2.24, 2.45) is 5.73 Å². The summed E-state index contributed by atoms with van der Waals surface area (Å²) in [6.45, 7) is 0. The quantitative estimate of drug-likeness (QED) is 0.781. The molecule has 4 N–H and O–H groups in total. The Morgan fingerprint density at radius 2 is 1.95 bits per heavy atom. The van der Waals surface area contributed by atoms with Gasteiger partial charge in [0.05, 0.1) is 6.10 Å². The Labute approximate surface area is 113 Å². The molecule has 1 aromatic rings. The number of carbonyl (C=O) groups is 1. The van der Waals surface area contributed by atoms with E-state index >= 15 is 0 Å². The fourth-order valence-corrected chi connectivity index (χ4v) is 2.51. The van der Waals surface area contributed by atoms with Crippen molar-refractivity contribution in [3.63, 3.8) is 0 Å². The molecule has 0 heterocycles. The van der Waals surface area contributed by atoms with E-state index in [9.17, 15) is 4.79 Å². The molecule has 19 heavy (non-hydrogen) atoms. The van der Waals surface area contributed by atoms with Crippen LogP contribution in [0.1, 0.15) is 25.7 Å². The van der Waals surface area contributed by atoms with Crippen molar-refractivity contribution in [3.8, 4) is 0 Å². The fourth-order valence-electron chi connectivity index (χ4n) is 2.51. The first-order valence-corrected chi connectivity index (χ1v) is 6.63. The maximum absolute atomic E-state index is 10.8. The Morgan fingerprint density at radius 1 is 1.26 bits per heavy atom. The molecule has 0 atom stereocenters. The Kier molecular flexibility index (Phi) is 4.63. The number of hydrogen-bond acceptors (Lipinski definition) is 3. The van der Waals surface area contributed by atoms with E-state index in [0.29, 0.717) is 17.8 Å². The van der Waals surface area contributed by atoms with E-state index in [0.717, 1.165) is 31.4 Å². The lowest BCUT2D eigenvalue weighted by Crippen LogP contribution is -2.29. The van der Waals surface area contributed by atoms with E-state index in [-0.39, 0.29) is 0 Å². The Bertz CT molecular complexity index is 428. The number of ether oxygens (including phenoxy) is 1. The standard InChI is InChI=1S/C14H21N3O2/c1-19-13-7-5-10(6-8-13)16-11-3-2-4-12(9-11)17-14(15)18/h2-4,9-10,13,16H,5-8H2,1H3,(H3,15,17,18). The lowest BCUT2D eigenvalue weighted by Gasteiger charge is -2.29. The molecule has 1 aliphatic rings. The van der Waals surface area contributed by atoms with Crippen molar-refractivity contribution in [3.05, 3.63) is 24.3 Å². The maximum Gasteiger partial charge on any atom is 0.316 e. The highest BCUT2D eigenvalue weighted by molar-refractivity contribution is 5.88. The molecule has 0 aliphatic heterocycles. The number of methoxy groups -OCH3 is 1. The van der Waals surface area contributed by atoms with Gasteiger partial charge in [0.15, 0.2) is 0 Å². The molecule has 0 saturated heterocycles. The highest BCUT2D eigenvalue weighted by atomic mass is 16.5. The Balaban J connectivity index is 1.90. The van der Waals surface area contributed by atoms with E-state index in [1.165, 1.54) is 0 Å². The van der Waals surface area contributed by atoms with Gasteiger partial charge in [0, 0.05) is 24.5 Å². The summed E-state index contributed by atoms with van der Waals surface area (Å²) in [7, 11) is 1.78. The van der Waals surface area contributed by atoms with Crippen LogP contribution in [-0.2, 0) is 4.74 Å². The number of amides is 2. The number of urea groups is 1. The fraction of sp³-hybridized carbons (Fsp3) is 0.500. The highest BCUT2D eigenvalue weighted by Crippen LogP contribution is 2.24. The van der Waals surface area contributed by atoms with Crippen molar-refractivity contribution in [2.75, 3.05) is 17.7 Å². The van der Waals surface area contributed by atoms with Crippen LogP contribution in [0.2, 0.25) is 0 Å². The molecule has 104 valence electrons. The van der Waals surface area contributed by atoms with Crippen molar-refractivity contribution >= 4 is 17.4 Å². The third-order valence-corrected chi connectivity index (χ3v) is 3.51. The van der Waals surface area contributed by atoms with Gasteiger partial charge in [0.1, 0.15) is 0 Å². The first-order valence-electron chi connectivity index (χ1n) is 6.63. The van der Waals surface area contributed by atoms with E-state index < -0.39 is 6.03 Å². The van der Waals surface area contributed by atoms with E-state index in [2.05, 4.69) is 10.6 Å². The van der Waals surface area contributed by atoms with Gasteiger partial charge in [-0.1, -0.05) is 6.07 Å². The van der Waals surface area contributed by atoms with Crippen LogP contribution < -0.4 is 16.4 Å². The van der Waals surface area contributed by atoms with Gasteiger partial charge in [-0.05, 0) is 43.9 Å². The minimum Gasteiger partial charge on any atom is -0.382 e. The molecule has 0 spiro atoms. The summed E-state index contributed by atoms with van der Waals surface area (Å²) in [4.78, 5) is 10.8. The maximum atomic E-state index is 10.8. The molecule has 0 unspecified atom stereocenters. The van der Waals surface area contributed by atoms with Crippen molar-refractivity contribution in [2.45, 2.75) is 37.8 Å². The van der Waals surface area contributed by atoms with Gasteiger partial charge in [-0.2, -0.15) is 0 Å². The van der Waals surface area contributed by atoms with E-state index in [4.69, 9.17) is 10.5 Å². The van der Waals surface area contributed by atoms with Crippen LogP contribution in [0.3, 0.4) is 0 Å². The number of hydrogen-bond donors (Lipinski definition) is 3. The minimum absolute atomic E-state index is 0.404. The van der Waals surface area contributed by atoms with Crippen LogP contribution in [0, 0.1) is 0 Å². The van der Waals surface area contributed by atoms with Crippen molar-refractivity contribution < 1.29 is 9.53 Å². The second-order valence-corrected chi connectivity index (χ2v) is 4.92. The summed E-state index contributed by atoms with van der Waals surface area (Å²) >= 11 is 0. The molecule has 2 amide bonds. The van der Waals surface area contributed by atoms with Gasteiger partial charge in [0.2, 0.25) is 0 Å². The molecule has 0 bridgehead atoms. The summed E-state index contributed by atoms with van der Waals surface area (Å²) in [6.07, 6.45) is 4.79. The molecule has 1 aromatic carbocycles. The van der Waals surface area contributed by atoms with Crippen molar-refractivity contribution in [1.29, 1.82) is 0 Å². The molecule has 1 saturated carbocycles. The molecule has 0 aromatic heterocycles. The summed E-state index contributed by atoms with van der Waals surface area (Å²) < 4.78 is 5.36. The predicted octanol–water partition coefficient (Wildman–Crippen LogP) is 2.55. The first kappa shape index (κ1) is 13.7. The van der Waals surface area contributed by atoms with Gasteiger partial charge in [-0.3, -0.25) is 0 Å². The molecule has 0 radical (unpaired) electrons. The Hall–Kier alpha value is -1.75. The zero-order valence-corrected chi connectivity index (χ0v) is 11.2. The SMILES string of the molecule is COC1CCC(Nc2cccc(NC(N)=O)c2)CC1. The minimum atomic E-state index is -0.544. The zero-order valence-electron chi connectivity index (χ0n) is 11.2. The average molecular weight is 263 g/mol. The Morgan fingerprint density at radius 3 is 2.58 bits per heavy atom. The molecule has 2 rings (SSSR count). The van der Waals surface area contributed by atoms with Gasteiger partial charge >= 0.3 is 6.03 Å². The normalized spacial score (nSPS) is 22.8. The summed E-state index contributed by atoms with van der Waals surface area (Å²) in [5.74, 6) is 0. The summed E-state index contributed by atoms with van der Waals surface area (Å²) in [6, 6.07) is 7.53. The third-order valence-electron chi connectivity index (χ3n) is 3.51. The van der Waals surface area contributed by atoms with Crippen LogP contribution in [0.25, 0.3) is 0 Å². The smallest absolute Gasteiger partial charge is 0.316 e. The first-order chi connectivity index (χ1) is 9.17. The van der Waals surface area contributed by atoms with Crippen molar-refractivity contribution in [1.82, 2.24) is 0 Å². The van der Waals surface area contributed by atoms with Crippen LogP contribution >= 0.6 is 0 Å². The molecule has 5 nitrogen and oxygen atoms in total. The number of rotatable bonds is 4. The topological polar surface area (TPSA) is 76.4 Å². The lowest BCUT2D eigenvalue weighted by molar-refractivity contribution is 0.0682. The van der Waals surface area contributed by atoms with Crippen LogP contribution in [0.4, 0.5) is 16.2 Å². The van der Waals surface area contributed by atoms with Gasteiger partial charge in [-0.15, -0.1) is 0 Å². The third kappa shape index (κ3) is 4.13. The monoisotopic (exact) mass is 263 g/mol. The molecule has 1 fully saturated rings. The van der Waals surface area contributed by atoms with E-state index in [1.54, 1.807) is 7.11 Å². The van der Waals surface area contributed by atoms with Crippen LogP contribution in [-0.4, -0.2) is 25.3 Å². The number of anilines is 2. The second-order valence-electron chi connectivity index (χ2n) is 4.92. The number of carbonyl (C=O) groups excluding carboxylic acids is 1. The molecule has 1 aliphatic carbocycles. The number of nitrogens with two attached hydrogens (primary N) is 1. The van der Waals surface area contributed by atoms with Crippen LogP contribution in [0.5, 0.6) is 0 Å². The zero-order chi connectivity index (χ0) is 13.7. The summed E-state index contributed by atoms with van der Waals surface area (Å²) in [5.41, 5.74) is 6.82.